The normalized spacial score (nSPS) is 22.7. The lowest BCUT2D eigenvalue weighted by Crippen LogP contribution is -2.30. The number of aliphatic hydroxyl groups is 1. The molecule has 0 aliphatic heterocycles. The Morgan fingerprint density at radius 2 is 1.86 bits per heavy atom. The zero-order valence-corrected chi connectivity index (χ0v) is 9.44. The quantitative estimate of drug-likeness (QED) is 0.841. The van der Waals surface area contributed by atoms with Crippen molar-refractivity contribution in [3.8, 4) is 0 Å². The van der Waals surface area contributed by atoms with Crippen molar-refractivity contribution in [3.05, 3.63) is 21.3 Å². The van der Waals surface area contributed by atoms with Crippen LogP contribution in [0.15, 0.2) is 11.4 Å². The van der Waals surface area contributed by atoms with Gasteiger partial charge in [0, 0.05) is 0 Å². The summed E-state index contributed by atoms with van der Waals surface area (Å²) in [6.07, 6.45) is 4.67. The summed E-state index contributed by atoms with van der Waals surface area (Å²) in [5, 5.41) is 13.5. The molecule has 1 nitrogen and oxygen atoms in total. The number of rotatable bonds is 3. The van der Waals surface area contributed by atoms with Crippen LogP contribution >= 0.6 is 22.9 Å². The molecule has 1 heterocycles. The van der Waals surface area contributed by atoms with Gasteiger partial charge in [0.05, 0.1) is 9.90 Å². The van der Waals surface area contributed by atoms with Crippen LogP contribution in [0.5, 0.6) is 0 Å². The van der Waals surface area contributed by atoms with Gasteiger partial charge in [-0.3, -0.25) is 0 Å². The Labute approximate surface area is 92.7 Å². The van der Waals surface area contributed by atoms with E-state index < -0.39 is 5.60 Å². The largest absolute Gasteiger partial charge is 0.384 e. The molecule has 3 rings (SSSR count). The van der Waals surface area contributed by atoms with E-state index in [1.807, 2.05) is 11.4 Å². The van der Waals surface area contributed by atoms with E-state index in [0.29, 0.717) is 11.8 Å². The molecule has 0 radical (unpaired) electrons. The molecule has 1 aromatic rings. The molecule has 1 N–H and O–H groups in total. The van der Waals surface area contributed by atoms with Crippen LogP contribution in [0, 0.1) is 11.8 Å². The van der Waals surface area contributed by atoms with Gasteiger partial charge in [-0.25, -0.2) is 0 Å². The molecule has 14 heavy (non-hydrogen) atoms. The highest BCUT2D eigenvalue weighted by Gasteiger charge is 2.55. The Kier molecular flexibility index (Phi) is 1.95. The summed E-state index contributed by atoms with van der Waals surface area (Å²) in [4.78, 5) is 1.02. The predicted octanol–water partition coefficient (Wildman–Crippen LogP) is 3.41. The molecule has 0 aromatic carbocycles. The first-order valence-electron chi connectivity index (χ1n) is 5.18. The van der Waals surface area contributed by atoms with Gasteiger partial charge >= 0.3 is 0 Å². The zero-order valence-electron chi connectivity index (χ0n) is 7.87. The van der Waals surface area contributed by atoms with Crippen LogP contribution in [-0.4, -0.2) is 5.11 Å². The SMILES string of the molecule is OC(c1sccc1Cl)(C1CC1)C1CC1. The van der Waals surface area contributed by atoms with Gasteiger partial charge in [-0.2, -0.15) is 0 Å². The monoisotopic (exact) mass is 228 g/mol. The number of halogens is 1. The van der Waals surface area contributed by atoms with Crippen LogP contribution in [0.1, 0.15) is 30.6 Å². The molecule has 0 spiro atoms. The van der Waals surface area contributed by atoms with Crippen molar-refractivity contribution in [1.29, 1.82) is 0 Å². The Balaban J connectivity index is 2.02. The van der Waals surface area contributed by atoms with Gasteiger partial charge < -0.3 is 5.11 Å². The summed E-state index contributed by atoms with van der Waals surface area (Å²) in [5.41, 5.74) is -0.578. The molecule has 0 unspecified atom stereocenters. The van der Waals surface area contributed by atoms with Gasteiger partial charge in [-0.15, -0.1) is 11.3 Å². The third-order valence-electron chi connectivity index (χ3n) is 3.38. The maximum Gasteiger partial charge on any atom is 0.106 e. The summed E-state index contributed by atoms with van der Waals surface area (Å²) in [6, 6.07) is 1.90. The van der Waals surface area contributed by atoms with Gasteiger partial charge in [-0.05, 0) is 49.0 Å². The smallest absolute Gasteiger partial charge is 0.106 e. The van der Waals surface area contributed by atoms with E-state index in [1.54, 1.807) is 11.3 Å². The Morgan fingerprint density at radius 1 is 1.29 bits per heavy atom. The molecule has 0 bridgehead atoms. The second kappa shape index (κ2) is 2.97. The van der Waals surface area contributed by atoms with E-state index in [1.165, 1.54) is 25.7 Å². The molecule has 3 heteroatoms. The lowest BCUT2D eigenvalue weighted by Gasteiger charge is -2.27. The van der Waals surface area contributed by atoms with E-state index >= 15 is 0 Å². The lowest BCUT2D eigenvalue weighted by atomic mass is 9.90. The number of thiophene rings is 1. The van der Waals surface area contributed by atoms with Crippen LogP contribution in [0.2, 0.25) is 5.02 Å². The van der Waals surface area contributed by atoms with E-state index in [-0.39, 0.29) is 0 Å². The van der Waals surface area contributed by atoms with Gasteiger partial charge in [0.2, 0.25) is 0 Å². The van der Waals surface area contributed by atoms with Crippen LogP contribution < -0.4 is 0 Å². The summed E-state index contributed by atoms with van der Waals surface area (Å²) in [6.45, 7) is 0. The van der Waals surface area contributed by atoms with E-state index in [4.69, 9.17) is 11.6 Å². The van der Waals surface area contributed by atoms with Crippen molar-refractivity contribution in [2.75, 3.05) is 0 Å². The van der Waals surface area contributed by atoms with Gasteiger partial charge in [0.1, 0.15) is 5.60 Å². The highest BCUT2D eigenvalue weighted by molar-refractivity contribution is 7.10. The first kappa shape index (κ1) is 9.20. The van der Waals surface area contributed by atoms with Crippen molar-refractivity contribution in [2.45, 2.75) is 31.3 Å². The van der Waals surface area contributed by atoms with Crippen molar-refractivity contribution >= 4 is 22.9 Å². The maximum atomic E-state index is 10.8. The number of hydrogen-bond acceptors (Lipinski definition) is 2. The first-order valence-corrected chi connectivity index (χ1v) is 6.44. The molecule has 0 atom stereocenters. The van der Waals surface area contributed by atoms with Crippen LogP contribution in [-0.2, 0) is 5.60 Å². The average Bonchev–Trinajstić information content (AvgIpc) is 3.00. The van der Waals surface area contributed by atoms with Crippen LogP contribution in [0.3, 0.4) is 0 Å². The van der Waals surface area contributed by atoms with E-state index in [0.717, 1.165) is 9.90 Å². The van der Waals surface area contributed by atoms with Crippen molar-refractivity contribution in [2.24, 2.45) is 11.8 Å². The predicted molar refractivity (Wildman–Crippen MR) is 58.7 cm³/mol. The fourth-order valence-electron chi connectivity index (χ4n) is 2.33. The summed E-state index contributed by atoms with van der Waals surface area (Å²) >= 11 is 7.73. The third-order valence-corrected chi connectivity index (χ3v) is 4.86. The van der Waals surface area contributed by atoms with Crippen molar-refractivity contribution in [3.63, 3.8) is 0 Å². The average molecular weight is 229 g/mol. The van der Waals surface area contributed by atoms with Crippen LogP contribution in [0.4, 0.5) is 0 Å². The van der Waals surface area contributed by atoms with E-state index in [2.05, 4.69) is 0 Å². The van der Waals surface area contributed by atoms with Crippen molar-refractivity contribution < 1.29 is 5.11 Å². The zero-order chi connectivity index (χ0) is 9.76. The first-order chi connectivity index (χ1) is 6.73. The Bertz CT molecular complexity index is 340. The van der Waals surface area contributed by atoms with Gasteiger partial charge in [0.15, 0.2) is 0 Å². The maximum absolute atomic E-state index is 10.8. The fourth-order valence-corrected chi connectivity index (χ4v) is 3.80. The molecule has 2 aliphatic carbocycles. The molecule has 0 amide bonds. The van der Waals surface area contributed by atoms with Crippen molar-refractivity contribution in [1.82, 2.24) is 0 Å². The molecule has 2 saturated carbocycles. The molecule has 2 fully saturated rings. The second-order valence-corrected chi connectivity index (χ2v) is 5.79. The minimum absolute atomic E-state index is 0.478. The molecular weight excluding hydrogens is 216 g/mol. The summed E-state index contributed by atoms with van der Waals surface area (Å²) in [7, 11) is 0. The topological polar surface area (TPSA) is 20.2 Å². The van der Waals surface area contributed by atoms with Gasteiger partial charge in [0.25, 0.3) is 0 Å². The molecule has 2 aliphatic rings. The van der Waals surface area contributed by atoms with E-state index in [9.17, 15) is 5.11 Å². The Morgan fingerprint density at radius 3 is 2.21 bits per heavy atom. The summed E-state index contributed by atoms with van der Waals surface area (Å²) < 4.78 is 0. The molecule has 0 saturated heterocycles. The fraction of sp³-hybridized carbons (Fsp3) is 0.636. The van der Waals surface area contributed by atoms with Gasteiger partial charge in [-0.1, -0.05) is 11.6 Å². The summed E-state index contributed by atoms with van der Waals surface area (Å²) in [5.74, 6) is 0.956. The second-order valence-electron chi connectivity index (χ2n) is 4.47. The third kappa shape index (κ3) is 1.24. The molecular formula is C11H13ClOS. The molecule has 76 valence electrons. The Hall–Kier alpha value is -0.0500. The standard InChI is InChI=1S/C11H13ClOS/c12-9-5-6-14-10(9)11(13,7-1-2-7)8-3-4-8/h5-8,13H,1-4H2. The highest BCUT2D eigenvalue weighted by atomic mass is 35.5. The molecule has 1 aromatic heterocycles. The lowest BCUT2D eigenvalue weighted by molar-refractivity contribution is -0.00652. The highest BCUT2D eigenvalue weighted by Crippen LogP contribution is 2.59. The van der Waals surface area contributed by atoms with Crippen LogP contribution in [0.25, 0.3) is 0 Å². The number of hydrogen-bond donors (Lipinski definition) is 1. The minimum Gasteiger partial charge on any atom is -0.384 e. The minimum atomic E-state index is -0.578.